The smallest absolute Gasteiger partial charge is 0.0672 e. The summed E-state index contributed by atoms with van der Waals surface area (Å²) < 4.78 is 5.60. The molecule has 82 valence electrons. The van der Waals surface area contributed by atoms with Crippen LogP contribution in [0.2, 0.25) is 5.02 Å². The van der Waals surface area contributed by atoms with Gasteiger partial charge in [0.25, 0.3) is 0 Å². The topological polar surface area (TPSA) is 21.3 Å². The van der Waals surface area contributed by atoms with Crippen LogP contribution < -0.4 is 5.32 Å². The summed E-state index contributed by atoms with van der Waals surface area (Å²) in [7, 11) is 0. The Morgan fingerprint density at radius 2 is 2.13 bits per heavy atom. The maximum absolute atomic E-state index is 5.83. The Bertz CT molecular complexity index is 304. The van der Waals surface area contributed by atoms with Gasteiger partial charge < -0.3 is 10.1 Å². The molecule has 1 aromatic carbocycles. The molecule has 0 saturated carbocycles. The summed E-state index contributed by atoms with van der Waals surface area (Å²) in [6.45, 7) is 3.83. The number of hydrogen-bond donors (Lipinski definition) is 1. The summed E-state index contributed by atoms with van der Waals surface area (Å²) in [4.78, 5) is 0. The lowest BCUT2D eigenvalue weighted by molar-refractivity contribution is 0.0155. The van der Waals surface area contributed by atoms with Gasteiger partial charge in [-0.1, -0.05) is 23.7 Å². The summed E-state index contributed by atoms with van der Waals surface area (Å²) in [5.74, 6) is 0. The van der Waals surface area contributed by atoms with Crippen LogP contribution in [0.3, 0.4) is 0 Å². The molecule has 2 atom stereocenters. The number of morpholine rings is 1. The summed E-state index contributed by atoms with van der Waals surface area (Å²) in [6, 6.07) is 8.44. The van der Waals surface area contributed by atoms with Gasteiger partial charge in [0.15, 0.2) is 0 Å². The third-order valence-electron chi connectivity index (χ3n) is 2.67. The van der Waals surface area contributed by atoms with E-state index < -0.39 is 0 Å². The van der Waals surface area contributed by atoms with Crippen LogP contribution in [0.15, 0.2) is 24.3 Å². The van der Waals surface area contributed by atoms with Crippen molar-refractivity contribution in [3.8, 4) is 0 Å². The van der Waals surface area contributed by atoms with Crippen molar-refractivity contribution in [1.29, 1.82) is 0 Å². The molecule has 15 heavy (non-hydrogen) atoms. The quantitative estimate of drug-likeness (QED) is 0.834. The van der Waals surface area contributed by atoms with E-state index in [-0.39, 0.29) is 0 Å². The monoisotopic (exact) mass is 225 g/mol. The van der Waals surface area contributed by atoms with Gasteiger partial charge in [0.1, 0.15) is 0 Å². The van der Waals surface area contributed by atoms with E-state index in [0.717, 1.165) is 24.6 Å². The fraction of sp³-hybridized carbons (Fsp3) is 0.500. The largest absolute Gasteiger partial charge is 0.376 e. The molecule has 1 heterocycles. The molecule has 1 aliphatic heterocycles. The fourth-order valence-electron chi connectivity index (χ4n) is 1.77. The normalized spacial score (nSPS) is 26.5. The van der Waals surface area contributed by atoms with Crippen molar-refractivity contribution in [1.82, 2.24) is 5.32 Å². The molecule has 0 spiro atoms. The van der Waals surface area contributed by atoms with Gasteiger partial charge in [-0.3, -0.25) is 0 Å². The van der Waals surface area contributed by atoms with Crippen molar-refractivity contribution in [2.75, 3.05) is 13.2 Å². The number of nitrogens with one attached hydrogen (secondary N) is 1. The molecule has 2 rings (SSSR count). The first-order chi connectivity index (χ1) is 7.24. The van der Waals surface area contributed by atoms with Crippen LogP contribution in [-0.4, -0.2) is 25.3 Å². The van der Waals surface area contributed by atoms with E-state index in [2.05, 4.69) is 24.4 Å². The zero-order valence-electron chi connectivity index (χ0n) is 8.87. The fourth-order valence-corrected chi connectivity index (χ4v) is 1.89. The predicted octanol–water partition coefficient (Wildman–Crippen LogP) is 2.26. The van der Waals surface area contributed by atoms with E-state index in [1.807, 2.05) is 12.1 Å². The van der Waals surface area contributed by atoms with Gasteiger partial charge in [0.2, 0.25) is 0 Å². The minimum absolute atomic E-state index is 0.339. The van der Waals surface area contributed by atoms with E-state index in [4.69, 9.17) is 16.3 Å². The van der Waals surface area contributed by atoms with Crippen LogP contribution in [0, 0.1) is 0 Å². The maximum atomic E-state index is 5.83. The zero-order valence-corrected chi connectivity index (χ0v) is 9.63. The van der Waals surface area contributed by atoms with Gasteiger partial charge in [-0.15, -0.1) is 0 Å². The molecule has 2 nitrogen and oxygen atoms in total. The summed E-state index contributed by atoms with van der Waals surface area (Å²) in [5.41, 5.74) is 1.30. The molecule has 3 heteroatoms. The van der Waals surface area contributed by atoms with E-state index in [1.165, 1.54) is 5.56 Å². The second-order valence-corrected chi connectivity index (χ2v) is 4.52. The van der Waals surface area contributed by atoms with Crippen LogP contribution >= 0.6 is 11.6 Å². The third kappa shape index (κ3) is 3.20. The minimum Gasteiger partial charge on any atom is -0.376 e. The van der Waals surface area contributed by atoms with Gasteiger partial charge in [0.05, 0.1) is 12.7 Å². The molecular weight excluding hydrogens is 210 g/mol. The Morgan fingerprint density at radius 1 is 1.40 bits per heavy atom. The Hall–Kier alpha value is -0.570. The Labute approximate surface area is 95.6 Å². The average Bonchev–Trinajstić information content (AvgIpc) is 2.25. The summed E-state index contributed by atoms with van der Waals surface area (Å²) >= 11 is 5.83. The Kier molecular flexibility index (Phi) is 3.62. The number of hydrogen-bond acceptors (Lipinski definition) is 2. The molecule has 1 fully saturated rings. The first-order valence-electron chi connectivity index (χ1n) is 5.33. The highest BCUT2D eigenvalue weighted by Gasteiger charge is 2.17. The highest BCUT2D eigenvalue weighted by Crippen LogP contribution is 2.12. The van der Waals surface area contributed by atoms with Crippen molar-refractivity contribution >= 4 is 11.6 Å². The number of benzene rings is 1. The van der Waals surface area contributed by atoms with Gasteiger partial charge in [-0.05, 0) is 31.0 Å². The van der Waals surface area contributed by atoms with Crippen molar-refractivity contribution in [3.05, 3.63) is 34.9 Å². The second-order valence-electron chi connectivity index (χ2n) is 4.08. The molecule has 1 aliphatic rings. The van der Waals surface area contributed by atoms with Crippen molar-refractivity contribution < 1.29 is 4.74 Å². The van der Waals surface area contributed by atoms with Crippen molar-refractivity contribution in [2.45, 2.75) is 25.5 Å². The lowest BCUT2D eigenvalue weighted by Crippen LogP contribution is -2.46. The maximum Gasteiger partial charge on any atom is 0.0672 e. The Balaban J connectivity index is 1.89. The number of rotatable bonds is 2. The SMILES string of the molecule is C[C@H]1CN[C@H](Cc2ccc(Cl)cc2)CO1. The van der Waals surface area contributed by atoms with Crippen LogP contribution in [0.4, 0.5) is 0 Å². The van der Waals surface area contributed by atoms with E-state index >= 15 is 0 Å². The first kappa shape index (κ1) is 10.9. The molecule has 0 bridgehead atoms. The number of ether oxygens (including phenoxy) is 1. The van der Waals surface area contributed by atoms with Crippen molar-refractivity contribution in [2.24, 2.45) is 0 Å². The highest BCUT2D eigenvalue weighted by atomic mass is 35.5. The van der Waals surface area contributed by atoms with Crippen LogP contribution in [0.5, 0.6) is 0 Å². The molecule has 0 amide bonds. The Morgan fingerprint density at radius 3 is 2.73 bits per heavy atom. The molecule has 0 unspecified atom stereocenters. The van der Waals surface area contributed by atoms with Gasteiger partial charge >= 0.3 is 0 Å². The molecule has 1 saturated heterocycles. The molecule has 1 aromatic rings. The van der Waals surface area contributed by atoms with Gasteiger partial charge in [-0.25, -0.2) is 0 Å². The summed E-state index contributed by atoms with van der Waals surface area (Å²) in [6.07, 6.45) is 1.34. The molecule has 0 aromatic heterocycles. The molecule has 1 N–H and O–H groups in total. The predicted molar refractivity (Wildman–Crippen MR) is 62.4 cm³/mol. The lowest BCUT2D eigenvalue weighted by atomic mass is 10.1. The lowest BCUT2D eigenvalue weighted by Gasteiger charge is -2.28. The molecule has 0 aliphatic carbocycles. The van der Waals surface area contributed by atoms with E-state index in [1.54, 1.807) is 0 Å². The minimum atomic E-state index is 0.339. The van der Waals surface area contributed by atoms with Crippen LogP contribution in [0.25, 0.3) is 0 Å². The van der Waals surface area contributed by atoms with Crippen LogP contribution in [-0.2, 0) is 11.2 Å². The standard InChI is InChI=1S/C12H16ClNO/c1-9-7-14-12(8-15-9)6-10-2-4-11(13)5-3-10/h2-5,9,12,14H,6-8H2,1H3/t9-,12+/m0/s1. The average molecular weight is 226 g/mol. The van der Waals surface area contributed by atoms with Gasteiger partial charge in [0, 0.05) is 17.6 Å². The van der Waals surface area contributed by atoms with Crippen LogP contribution in [0.1, 0.15) is 12.5 Å². The van der Waals surface area contributed by atoms with Crippen molar-refractivity contribution in [3.63, 3.8) is 0 Å². The summed E-state index contributed by atoms with van der Waals surface area (Å²) in [5, 5.41) is 4.27. The molecular formula is C12H16ClNO. The first-order valence-corrected chi connectivity index (χ1v) is 5.71. The van der Waals surface area contributed by atoms with Gasteiger partial charge in [-0.2, -0.15) is 0 Å². The number of halogens is 1. The van der Waals surface area contributed by atoms with E-state index in [9.17, 15) is 0 Å². The van der Waals surface area contributed by atoms with E-state index in [0.29, 0.717) is 12.1 Å². The highest BCUT2D eigenvalue weighted by molar-refractivity contribution is 6.30. The third-order valence-corrected chi connectivity index (χ3v) is 2.92. The second kappa shape index (κ2) is 4.97. The molecule has 0 radical (unpaired) electrons. The zero-order chi connectivity index (χ0) is 10.7.